The average Bonchev–Trinajstić information content (AvgIpc) is 2.29. The zero-order valence-corrected chi connectivity index (χ0v) is 12.9. The molecule has 0 radical (unpaired) electrons. The van der Waals surface area contributed by atoms with Crippen LogP contribution in [0.5, 0.6) is 0 Å². The monoisotopic (exact) mass is 247 g/mol. The molecule has 0 aliphatic carbocycles. The third kappa shape index (κ3) is 4.45. The molecule has 1 aromatic carbocycles. The number of hydrogen-bond acceptors (Lipinski definition) is 1. The predicted octanol–water partition coefficient (Wildman–Crippen LogP) is 4.58. The van der Waals surface area contributed by atoms with Gasteiger partial charge in [-0.25, -0.2) is 0 Å². The normalized spacial score (nSPS) is 12.4. The van der Waals surface area contributed by atoms with Gasteiger partial charge in [0.15, 0.2) is 0 Å². The fraction of sp³-hybridized carbons (Fsp3) is 0.647. The second-order valence-corrected chi connectivity index (χ2v) is 6.64. The van der Waals surface area contributed by atoms with Gasteiger partial charge in [0, 0.05) is 13.1 Å². The Labute approximate surface area is 113 Å². The molecule has 1 N–H and O–H groups in total. The molecule has 0 bridgehead atoms. The molecular weight excluding hydrogens is 218 g/mol. The minimum Gasteiger partial charge on any atom is -0.312 e. The van der Waals surface area contributed by atoms with Crippen LogP contribution in [0.25, 0.3) is 0 Å². The van der Waals surface area contributed by atoms with Crippen molar-refractivity contribution in [3.05, 3.63) is 35.4 Å². The predicted molar refractivity (Wildman–Crippen MR) is 80.9 cm³/mol. The lowest BCUT2D eigenvalue weighted by molar-refractivity contribution is 0.238. The van der Waals surface area contributed by atoms with Crippen molar-refractivity contribution < 1.29 is 0 Å². The quantitative estimate of drug-likeness (QED) is 0.775. The maximum absolute atomic E-state index is 3.57. The van der Waals surface area contributed by atoms with Crippen LogP contribution in [-0.4, -0.2) is 6.54 Å². The first-order valence-electron chi connectivity index (χ1n) is 7.12. The molecule has 0 amide bonds. The molecule has 0 heterocycles. The summed E-state index contributed by atoms with van der Waals surface area (Å²) in [7, 11) is 0. The minimum absolute atomic E-state index is 0.359. The first kappa shape index (κ1) is 15.2. The summed E-state index contributed by atoms with van der Waals surface area (Å²) < 4.78 is 0. The van der Waals surface area contributed by atoms with Crippen molar-refractivity contribution in [1.29, 1.82) is 0 Å². The Bertz CT molecular complexity index is 346. The van der Waals surface area contributed by atoms with E-state index in [4.69, 9.17) is 0 Å². The zero-order chi connectivity index (χ0) is 13.8. The van der Waals surface area contributed by atoms with Crippen LogP contribution in [0.15, 0.2) is 24.3 Å². The van der Waals surface area contributed by atoms with Gasteiger partial charge in [0.25, 0.3) is 0 Å². The van der Waals surface area contributed by atoms with Crippen molar-refractivity contribution in [2.45, 2.75) is 54.0 Å². The van der Waals surface area contributed by atoms with E-state index in [9.17, 15) is 0 Å². The molecule has 0 fully saturated rings. The summed E-state index contributed by atoms with van der Waals surface area (Å²) in [6.07, 6.45) is 0. The van der Waals surface area contributed by atoms with Gasteiger partial charge in [-0.1, -0.05) is 65.8 Å². The molecule has 0 saturated heterocycles. The zero-order valence-electron chi connectivity index (χ0n) is 12.9. The van der Waals surface area contributed by atoms with Gasteiger partial charge in [-0.05, 0) is 28.4 Å². The molecular formula is C17H29N. The highest BCUT2D eigenvalue weighted by molar-refractivity contribution is 5.24. The molecule has 1 heteroatoms. The number of rotatable bonds is 6. The highest BCUT2D eigenvalue weighted by Crippen LogP contribution is 2.24. The van der Waals surface area contributed by atoms with Crippen molar-refractivity contribution >= 4 is 0 Å². The first-order valence-corrected chi connectivity index (χ1v) is 7.12. The lowest BCUT2D eigenvalue weighted by Gasteiger charge is -2.29. The maximum Gasteiger partial charge on any atom is 0.0205 e. The highest BCUT2D eigenvalue weighted by atomic mass is 14.9. The third-order valence-corrected chi connectivity index (χ3v) is 4.12. The van der Waals surface area contributed by atoms with Gasteiger partial charge in [-0.2, -0.15) is 0 Å². The Morgan fingerprint density at radius 2 is 1.56 bits per heavy atom. The average molecular weight is 247 g/mol. The van der Waals surface area contributed by atoms with Gasteiger partial charge in [0.2, 0.25) is 0 Å². The molecule has 0 aromatic heterocycles. The van der Waals surface area contributed by atoms with Crippen molar-refractivity contribution in [2.24, 2.45) is 11.3 Å². The Morgan fingerprint density at radius 3 is 2.00 bits per heavy atom. The van der Waals surface area contributed by atoms with E-state index in [-0.39, 0.29) is 0 Å². The summed E-state index contributed by atoms with van der Waals surface area (Å²) >= 11 is 0. The van der Waals surface area contributed by atoms with Gasteiger partial charge in [-0.3, -0.25) is 0 Å². The molecule has 0 unspecified atom stereocenters. The maximum atomic E-state index is 3.57. The van der Waals surface area contributed by atoms with E-state index in [2.05, 4.69) is 71.1 Å². The Kier molecular flexibility index (Phi) is 5.40. The van der Waals surface area contributed by atoms with E-state index < -0.39 is 0 Å². The molecule has 0 saturated carbocycles. The van der Waals surface area contributed by atoms with E-state index in [0.29, 0.717) is 17.3 Å². The van der Waals surface area contributed by atoms with Crippen LogP contribution < -0.4 is 5.32 Å². The summed E-state index contributed by atoms with van der Waals surface area (Å²) in [6, 6.07) is 8.97. The van der Waals surface area contributed by atoms with Crippen LogP contribution in [-0.2, 0) is 6.54 Å². The molecule has 1 nitrogen and oxygen atoms in total. The van der Waals surface area contributed by atoms with Crippen LogP contribution >= 0.6 is 0 Å². The summed E-state index contributed by atoms with van der Waals surface area (Å²) in [4.78, 5) is 0. The molecule has 0 atom stereocenters. The molecule has 0 aliphatic rings. The van der Waals surface area contributed by atoms with Crippen LogP contribution in [0.3, 0.4) is 0 Å². The second kappa shape index (κ2) is 6.38. The summed E-state index contributed by atoms with van der Waals surface area (Å²) in [6.45, 7) is 15.7. The Hall–Kier alpha value is -0.820. The summed E-state index contributed by atoms with van der Waals surface area (Å²) in [5.41, 5.74) is 3.15. The lowest BCUT2D eigenvalue weighted by atomic mass is 9.81. The Morgan fingerprint density at radius 1 is 1.00 bits per heavy atom. The number of nitrogens with one attached hydrogen (secondary N) is 1. The summed E-state index contributed by atoms with van der Waals surface area (Å²) in [5, 5.41) is 3.57. The van der Waals surface area contributed by atoms with E-state index >= 15 is 0 Å². The van der Waals surface area contributed by atoms with Crippen molar-refractivity contribution in [3.63, 3.8) is 0 Å². The fourth-order valence-corrected chi connectivity index (χ4v) is 1.75. The van der Waals surface area contributed by atoms with Gasteiger partial charge in [-0.15, -0.1) is 0 Å². The third-order valence-electron chi connectivity index (χ3n) is 4.12. The van der Waals surface area contributed by atoms with Crippen molar-refractivity contribution in [1.82, 2.24) is 5.32 Å². The van der Waals surface area contributed by atoms with E-state index in [1.165, 1.54) is 11.1 Å². The first-order chi connectivity index (χ1) is 8.33. The fourth-order valence-electron chi connectivity index (χ4n) is 1.75. The molecule has 1 aromatic rings. The van der Waals surface area contributed by atoms with E-state index in [1.807, 2.05) is 0 Å². The molecule has 0 spiro atoms. The van der Waals surface area contributed by atoms with Crippen LogP contribution in [0.4, 0.5) is 0 Å². The van der Waals surface area contributed by atoms with Gasteiger partial charge >= 0.3 is 0 Å². The Balaban J connectivity index is 2.45. The molecule has 102 valence electrons. The van der Waals surface area contributed by atoms with Gasteiger partial charge in [0.1, 0.15) is 0 Å². The van der Waals surface area contributed by atoms with E-state index in [0.717, 1.165) is 13.1 Å². The van der Waals surface area contributed by atoms with Crippen molar-refractivity contribution in [2.75, 3.05) is 6.54 Å². The van der Waals surface area contributed by atoms with Crippen molar-refractivity contribution in [3.8, 4) is 0 Å². The lowest BCUT2D eigenvalue weighted by Crippen LogP contribution is -2.33. The minimum atomic E-state index is 0.359. The van der Waals surface area contributed by atoms with Crippen LogP contribution in [0.2, 0.25) is 0 Å². The highest BCUT2D eigenvalue weighted by Gasteiger charge is 2.21. The topological polar surface area (TPSA) is 12.0 Å². The number of hydrogen-bond donors (Lipinski definition) is 1. The largest absolute Gasteiger partial charge is 0.312 e. The molecule has 0 aliphatic heterocycles. The van der Waals surface area contributed by atoms with E-state index in [1.54, 1.807) is 0 Å². The van der Waals surface area contributed by atoms with Gasteiger partial charge in [0.05, 0.1) is 0 Å². The van der Waals surface area contributed by atoms with Crippen LogP contribution in [0, 0.1) is 11.3 Å². The van der Waals surface area contributed by atoms with Gasteiger partial charge < -0.3 is 5.32 Å². The SMILES string of the molecule is CC(C)c1ccc(CNCC(C)(C)C(C)C)cc1. The van der Waals surface area contributed by atoms with Crippen LogP contribution in [0.1, 0.15) is 58.6 Å². The standard InChI is InChI=1S/C17H29N/c1-13(2)16-9-7-15(8-10-16)11-18-12-17(5,6)14(3)4/h7-10,13-14,18H,11-12H2,1-6H3. The number of benzene rings is 1. The second-order valence-electron chi connectivity index (χ2n) is 6.64. The smallest absolute Gasteiger partial charge is 0.0205 e. The summed E-state index contributed by atoms with van der Waals surface area (Å²) in [5.74, 6) is 1.32. The molecule has 1 rings (SSSR count). The molecule has 18 heavy (non-hydrogen) atoms.